The highest BCUT2D eigenvalue weighted by Gasteiger charge is 2.13. The Kier molecular flexibility index (Phi) is 3.34. The fraction of sp³-hybridized carbons (Fsp3) is 0.545. The van der Waals surface area contributed by atoms with Gasteiger partial charge in [0.05, 0.1) is 18.4 Å². The van der Waals surface area contributed by atoms with Gasteiger partial charge in [-0.1, -0.05) is 0 Å². The summed E-state index contributed by atoms with van der Waals surface area (Å²) in [6.07, 6.45) is 5.18. The molecule has 0 unspecified atom stereocenters. The average molecular weight is 221 g/mol. The zero-order chi connectivity index (χ0) is 11.4. The largest absolute Gasteiger partial charge is 0.370 e. The van der Waals surface area contributed by atoms with Crippen molar-refractivity contribution in [1.82, 2.24) is 9.78 Å². The number of hydrogen-bond acceptors (Lipinski definition) is 4. The van der Waals surface area contributed by atoms with E-state index in [2.05, 4.69) is 10.00 Å². The first-order valence-corrected chi connectivity index (χ1v) is 5.57. The third kappa shape index (κ3) is 2.29. The molecule has 16 heavy (non-hydrogen) atoms. The average Bonchev–Trinajstić information content (AvgIpc) is 2.81. The lowest BCUT2D eigenvalue weighted by Gasteiger charge is -2.16. The van der Waals surface area contributed by atoms with Crippen molar-refractivity contribution >= 4 is 12.0 Å². The third-order valence-electron chi connectivity index (χ3n) is 2.79. The number of carbonyl (C=O) groups excluding carboxylic acids is 1. The topological polar surface area (TPSA) is 55.2 Å². The molecule has 86 valence electrons. The Morgan fingerprint density at radius 1 is 1.38 bits per heavy atom. The van der Waals surface area contributed by atoms with E-state index in [0.29, 0.717) is 13.0 Å². The predicted molar refractivity (Wildman–Crippen MR) is 60.6 cm³/mol. The first-order chi connectivity index (χ1) is 7.81. The van der Waals surface area contributed by atoms with Gasteiger partial charge in [0.2, 0.25) is 0 Å². The summed E-state index contributed by atoms with van der Waals surface area (Å²) in [6, 6.07) is 1.60. The van der Waals surface area contributed by atoms with Crippen molar-refractivity contribution in [3.8, 4) is 0 Å². The molecule has 0 aliphatic carbocycles. The molecule has 0 aromatic carbocycles. The third-order valence-corrected chi connectivity index (χ3v) is 2.79. The molecule has 1 aliphatic heterocycles. The Morgan fingerprint density at radius 2 is 2.12 bits per heavy atom. The normalized spacial score (nSPS) is 15.4. The number of rotatable bonds is 4. The summed E-state index contributed by atoms with van der Waals surface area (Å²) in [5.74, 6) is 0. The van der Waals surface area contributed by atoms with E-state index in [1.165, 1.54) is 17.5 Å². The van der Waals surface area contributed by atoms with Gasteiger partial charge in [-0.05, 0) is 12.8 Å². The van der Waals surface area contributed by atoms with Gasteiger partial charge in [0.25, 0.3) is 5.56 Å². The van der Waals surface area contributed by atoms with Crippen molar-refractivity contribution in [3.63, 3.8) is 0 Å². The minimum absolute atomic E-state index is 0.133. The van der Waals surface area contributed by atoms with Crippen molar-refractivity contribution in [1.29, 1.82) is 0 Å². The van der Waals surface area contributed by atoms with Crippen molar-refractivity contribution in [2.75, 3.05) is 18.0 Å². The molecule has 5 nitrogen and oxygen atoms in total. The van der Waals surface area contributed by atoms with Gasteiger partial charge in [-0.15, -0.1) is 0 Å². The number of anilines is 1. The van der Waals surface area contributed by atoms with Crippen LogP contribution in [0.15, 0.2) is 17.1 Å². The fourth-order valence-electron chi connectivity index (χ4n) is 1.92. The number of aryl methyl sites for hydroxylation is 1. The minimum Gasteiger partial charge on any atom is -0.370 e. The number of nitrogens with zero attached hydrogens (tertiary/aromatic N) is 3. The van der Waals surface area contributed by atoms with Gasteiger partial charge in [0.15, 0.2) is 0 Å². The number of aromatic nitrogens is 2. The van der Waals surface area contributed by atoms with Crippen molar-refractivity contribution < 1.29 is 4.79 Å². The summed E-state index contributed by atoms with van der Waals surface area (Å²) >= 11 is 0. The fourth-order valence-corrected chi connectivity index (χ4v) is 1.92. The van der Waals surface area contributed by atoms with Crippen molar-refractivity contribution in [3.05, 3.63) is 22.6 Å². The first kappa shape index (κ1) is 10.9. The van der Waals surface area contributed by atoms with Crippen LogP contribution in [0.4, 0.5) is 5.69 Å². The monoisotopic (exact) mass is 221 g/mol. The first-order valence-electron chi connectivity index (χ1n) is 5.57. The Bertz CT molecular complexity index is 421. The van der Waals surface area contributed by atoms with Gasteiger partial charge < -0.3 is 9.69 Å². The molecule has 5 heteroatoms. The molecule has 1 aromatic heterocycles. The molecule has 0 N–H and O–H groups in total. The predicted octanol–water partition coefficient (Wildman–Crippen LogP) is 0.433. The van der Waals surface area contributed by atoms with E-state index in [0.717, 1.165) is 25.1 Å². The number of hydrogen-bond donors (Lipinski definition) is 0. The molecular formula is C11H15N3O2. The molecule has 0 spiro atoms. The van der Waals surface area contributed by atoms with E-state index in [1.807, 2.05) is 0 Å². The summed E-state index contributed by atoms with van der Waals surface area (Å²) < 4.78 is 1.33. The molecule has 2 rings (SSSR count). The Balaban J connectivity index is 2.15. The van der Waals surface area contributed by atoms with E-state index in [1.54, 1.807) is 12.3 Å². The SMILES string of the molecule is O=CCCn1ncc(N2CCCC2)cc1=O. The maximum atomic E-state index is 11.7. The summed E-state index contributed by atoms with van der Waals surface area (Å²) in [7, 11) is 0. The van der Waals surface area contributed by atoms with Crippen molar-refractivity contribution in [2.45, 2.75) is 25.8 Å². The molecule has 0 radical (unpaired) electrons. The van der Waals surface area contributed by atoms with E-state index < -0.39 is 0 Å². The second-order valence-corrected chi connectivity index (χ2v) is 3.92. The molecule has 0 saturated carbocycles. The second kappa shape index (κ2) is 4.92. The Morgan fingerprint density at radius 3 is 2.75 bits per heavy atom. The Labute approximate surface area is 93.7 Å². The maximum Gasteiger partial charge on any atom is 0.268 e. The lowest BCUT2D eigenvalue weighted by atomic mass is 10.4. The van der Waals surface area contributed by atoms with Crippen LogP contribution in [0.25, 0.3) is 0 Å². The maximum absolute atomic E-state index is 11.7. The van der Waals surface area contributed by atoms with Crippen LogP contribution in [0, 0.1) is 0 Å². The van der Waals surface area contributed by atoms with Crippen LogP contribution in [0.2, 0.25) is 0 Å². The number of carbonyl (C=O) groups is 1. The van der Waals surface area contributed by atoms with E-state index in [9.17, 15) is 9.59 Å². The number of aldehydes is 1. The molecule has 0 atom stereocenters. The van der Waals surface area contributed by atoms with Gasteiger partial charge in [0, 0.05) is 25.6 Å². The highest BCUT2D eigenvalue weighted by molar-refractivity contribution is 5.49. The van der Waals surface area contributed by atoms with E-state index in [4.69, 9.17) is 0 Å². The van der Waals surface area contributed by atoms with Crippen LogP contribution in [0.5, 0.6) is 0 Å². The molecule has 0 amide bonds. The molecular weight excluding hydrogens is 206 g/mol. The zero-order valence-electron chi connectivity index (χ0n) is 9.13. The second-order valence-electron chi connectivity index (χ2n) is 3.92. The van der Waals surface area contributed by atoms with Crippen LogP contribution in [0.3, 0.4) is 0 Å². The highest BCUT2D eigenvalue weighted by atomic mass is 16.1. The van der Waals surface area contributed by atoms with Crippen molar-refractivity contribution in [2.24, 2.45) is 0 Å². The molecule has 1 aromatic rings. The molecule has 1 fully saturated rings. The molecule has 2 heterocycles. The summed E-state index contributed by atoms with van der Waals surface area (Å²) in [5.41, 5.74) is 0.760. The lowest BCUT2D eigenvalue weighted by molar-refractivity contribution is -0.108. The molecule has 0 bridgehead atoms. The van der Waals surface area contributed by atoms with Gasteiger partial charge in [-0.25, -0.2) is 4.68 Å². The highest BCUT2D eigenvalue weighted by Crippen LogP contribution is 2.16. The van der Waals surface area contributed by atoms with Crippen LogP contribution < -0.4 is 10.5 Å². The Hall–Kier alpha value is -1.65. The van der Waals surface area contributed by atoms with Gasteiger partial charge in [-0.2, -0.15) is 5.10 Å². The minimum atomic E-state index is -0.133. The van der Waals surface area contributed by atoms with Gasteiger partial charge in [0.1, 0.15) is 6.29 Å². The standard InChI is InChI=1S/C11H15N3O2/c15-7-3-6-14-11(16)8-10(9-12-14)13-4-1-2-5-13/h7-9H,1-6H2. The molecule has 1 saturated heterocycles. The van der Waals surface area contributed by atoms with Crippen LogP contribution in [-0.2, 0) is 11.3 Å². The summed E-state index contributed by atoms with van der Waals surface area (Å²) in [4.78, 5) is 24.0. The van der Waals surface area contributed by atoms with Crippen LogP contribution in [0.1, 0.15) is 19.3 Å². The van der Waals surface area contributed by atoms with Crippen LogP contribution >= 0.6 is 0 Å². The smallest absolute Gasteiger partial charge is 0.268 e. The summed E-state index contributed by atoms with van der Waals surface area (Å²) in [6.45, 7) is 2.36. The van der Waals surface area contributed by atoms with E-state index >= 15 is 0 Å². The van der Waals surface area contributed by atoms with E-state index in [-0.39, 0.29) is 5.56 Å². The van der Waals surface area contributed by atoms with Gasteiger partial charge in [-0.3, -0.25) is 4.79 Å². The lowest BCUT2D eigenvalue weighted by Crippen LogP contribution is -2.26. The van der Waals surface area contributed by atoms with Gasteiger partial charge >= 0.3 is 0 Å². The zero-order valence-corrected chi connectivity index (χ0v) is 9.13. The summed E-state index contributed by atoms with van der Waals surface area (Å²) in [5, 5.41) is 4.06. The molecule has 1 aliphatic rings. The quantitative estimate of drug-likeness (QED) is 0.692. The van der Waals surface area contributed by atoms with Crippen LogP contribution in [-0.4, -0.2) is 29.2 Å².